The number of carbonyl (C=O) groups excluding carboxylic acids is 1. The highest BCUT2D eigenvalue weighted by Crippen LogP contribution is 2.24. The minimum atomic E-state index is -0.119. The zero-order valence-electron chi connectivity index (χ0n) is 10.6. The van der Waals surface area contributed by atoms with Gasteiger partial charge >= 0.3 is 0 Å². The van der Waals surface area contributed by atoms with Crippen LogP contribution in [0.4, 0.5) is 5.69 Å². The standard InChI is InChI=1S/C14H19ClN2O/c1-9-2-5-11(6-3-9)17-14(18)12-8-10(16)4-7-13(12)15/h4,7-9,11H,2-3,5-6,16H2,1H3,(H,17,18). The molecule has 0 aromatic heterocycles. The predicted octanol–water partition coefficient (Wildman–Crippen LogP) is 3.23. The van der Waals surface area contributed by atoms with E-state index in [2.05, 4.69) is 12.2 Å². The number of carbonyl (C=O) groups is 1. The highest BCUT2D eigenvalue weighted by molar-refractivity contribution is 6.34. The molecule has 0 unspecified atom stereocenters. The van der Waals surface area contributed by atoms with E-state index in [-0.39, 0.29) is 11.9 Å². The predicted molar refractivity (Wildman–Crippen MR) is 74.8 cm³/mol. The average Bonchev–Trinajstić information content (AvgIpc) is 2.35. The van der Waals surface area contributed by atoms with Crippen LogP contribution in [0.1, 0.15) is 43.0 Å². The lowest BCUT2D eigenvalue weighted by molar-refractivity contribution is 0.0923. The van der Waals surface area contributed by atoms with Gasteiger partial charge in [0.15, 0.2) is 0 Å². The minimum Gasteiger partial charge on any atom is -0.399 e. The molecule has 1 amide bonds. The van der Waals surface area contributed by atoms with Crippen molar-refractivity contribution in [3.63, 3.8) is 0 Å². The fourth-order valence-electron chi connectivity index (χ4n) is 2.38. The lowest BCUT2D eigenvalue weighted by atomic mass is 9.87. The summed E-state index contributed by atoms with van der Waals surface area (Å²) < 4.78 is 0. The third-order valence-electron chi connectivity index (χ3n) is 3.59. The molecule has 0 atom stereocenters. The quantitative estimate of drug-likeness (QED) is 0.808. The Bertz CT molecular complexity index is 439. The monoisotopic (exact) mass is 266 g/mol. The Balaban J connectivity index is 2.01. The van der Waals surface area contributed by atoms with Crippen LogP contribution in [0.5, 0.6) is 0 Å². The lowest BCUT2D eigenvalue weighted by Crippen LogP contribution is -2.37. The molecule has 0 spiro atoms. The van der Waals surface area contributed by atoms with Gasteiger partial charge in [-0.2, -0.15) is 0 Å². The number of anilines is 1. The Labute approximate surface area is 113 Å². The number of hydrogen-bond acceptors (Lipinski definition) is 2. The minimum absolute atomic E-state index is 0.119. The Hall–Kier alpha value is -1.22. The molecule has 1 aliphatic rings. The van der Waals surface area contributed by atoms with Gasteiger partial charge in [-0.15, -0.1) is 0 Å². The van der Waals surface area contributed by atoms with Gasteiger partial charge in [-0.1, -0.05) is 18.5 Å². The van der Waals surface area contributed by atoms with Crippen molar-refractivity contribution in [2.45, 2.75) is 38.6 Å². The molecule has 4 heteroatoms. The summed E-state index contributed by atoms with van der Waals surface area (Å²) in [5.41, 5.74) is 6.70. The molecule has 0 saturated heterocycles. The van der Waals surface area contributed by atoms with E-state index in [1.807, 2.05) is 0 Å². The van der Waals surface area contributed by atoms with E-state index in [0.29, 0.717) is 16.3 Å². The number of nitrogens with one attached hydrogen (secondary N) is 1. The zero-order valence-corrected chi connectivity index (χ0v) is 11.3. The maximum atomic E-state index is 12.1. The molecule has 0 bridgehead atoms. The largest absolute Gasteiger partial charge is 0.399 e. The molecular weight excluding hydrogens is 248 g/mol. The summed E-state index contributed by atoms with van der Waals surface area (Å²) in [7, 11) is 0. The summed E-state index contributed by atoms with van der Waals surface area (Å²) in [4.78, 5) is 12.1. The summed E-state index contributed by atoms with van der Waals surface area (Å²) in [5, 5.41) is 3.49. The van der Waals surface area contributed by atoms with Gasteiger partial charge in [0.1, 0.15) is 0 Å². The topological polar surface area (TPSA) is 55.1 Å². The third kappa shape index (κ3) is 3.16. The molecule has 0 radical (unpaired) electrons. The SMILES string of the molecule is CC1CCC(NC(=O)c2cc(N)ccc2Cl)CC1. The van der Waals surface area contributed by atoms with Crippen molar-refractivity contribution in [3.8, 4) is 0 Å². The summed E-state index contributed by atoms with van der Waals surface area (Å²) in [6.07, 6.45) is 4.45. The first kappa shape index (κ1) is 13.2. The second-order valence-corrected chi connectivity index (χ2v) is 5.58. The fourth-order valence-corrected chi connectivity index (χ4v) is 2.59. The first-order valence-corrected chi connectivity index (χ1v) is 6.80. The number of amides is 1. The molecule has 3 N–H and O–H groups in total. The molecule has 1 saturated carbocycles. The summed E-state index contributed by atoms with van der Waals surface area (Å²) in [5.74, 6) is 0.654. The van der Waals surface area contributed by atoms with Crippen molar-refractivity contribution in [3.05, 3.63) is 28.8 Å². The van der Waals surface area contributed by atoms with Crippen LogP contribution >= 0.6 is 11.6 Å². The van der Waals surface area contributed by atoms with Gasteiger partial charge in [0, 0.05) is 11.7 Å². The number of rotatable bonds is 2. The van der Waals surface area contributed by atoms with E-state index in [1.165, 1.54) is 12.8 Å². The van der Waals surface area contributed by atoms with Gasteiger partial charge in [-0.05, 0) is 49.8 Å². The second-order valence-electron chi connectivity index (χ2n) is 5.17. The fraction of sp³-hybridized carbons (Fsp3) is 0.500. The molecule has 2 rings (SSSR count). The molecule has 3 nitrogen and oxygen atoms in total. The maximum absolute atomic E-state index is 12.1. The van der Waals surface area contributed by atoms with Crippen LogP contribution in [0, 0.1) is 5.92 Å². The number of halogens is 1. The summed E-state index contributed by atoms with van der Waals surface area (Å²) >= 11 is 6.02. The molecule has 1 aromatic rings. The Morgan fingerprint density at radius 2 is 2.00 bits per heavy atom. The Morgan fingerprint density at radius 3 is 2.67 bits per heavy atom. The first-order chi connectivity index (χ1) is 8.56. The number of benzene rings is 1. The van der Waals surface area contributed by atoms with Gasteiger partial charge in [-0.25, -0.2) is 0 Å². The Morgan fingerprint density at radius 1 is 1.33 bits per heavy atom. The van der Waals surface area contributed by atoms with Gasteiger partial charge < -0.3 is 11.1 Å². The zero-order chi connectivity index (χ0) is 13.1. The van der Waals surface area contributed by atoms with Crippen LogP contribution in [0.2, 0.25) is 5.02 Å². The van der Waals surface area contributed by atoms with Crippen molar-refractivity contribution < 1.29 is 4.79 Å². The highest BCUT2D eigenvalue weighted by Gasteiger charge is 2.21. The molecule has 18 heavy (non-hydrogen) atoms. The van der Waals surface area contributed by atoms with Crippen LogP contribution in [0.15, 0.2) is 18.2 Å². The molecule has 0 heterocycles. The van der Waals surface area contributed by atoms with Gasteiger partial charge in [-0.3, -0.25) is 4.79 Å². The van der Waals surface area contributed by atoms with Gasteiger partial charge in [0.25, 0.3) is 5.91 Å². The first-order valence-electron chi connectivity index (χ1n) is 6.42. The molecule has 1 fully saturated rings. The van der Waals surface area contributed by atoms with Crippen LogP contribution in [0.3, 0.4) is 0 Å². The second kappa shape index (κ2) is 5.61. The van der Waals surface area contributed by atoms with E-state index in [9.17, 15) is 4.79 Å². The smallest absolute Gasteiger partial charge is 0.253 e. The van der Waals surface area contributed by atoms with Gasteiger partial charge in [0.2, 0.25) is 0 Å². The molecule has 98 valence electrons. The summed E-state index contributed by atoms with van der Waals surface area (Å²) in [6, 6.07) is 5.26. The van der Waals surface area contributed by atoms with Crippen LogP contribution in [-0.2, 0) is 0 Å². The molecule has 0 aliphatic heterocycles. The lowest BCUT2D eigenvalue weighted by Gasteiger charge is -2.27. The molecule has 1 aliphatic carbocycles. The molecular formula is C14H19ClN2O. The van der Waals surface area contributed by atoms with Crippen molar-refractivity contribution in [2.75, 3.05) is 5.73 Å². The van der Waals surface area contributed by atoms with Crippen LogP contribution in [0.25, 0.3) is 0 Å². The van der Waals surface area contributed by atoms with Crippen molar-refractivity contribution >= 4 is 23.2 Å². The van der Waals surface area contributed by atoms with Crippen LogP contribution < -0.4 is 11.1 Å². The third-order valence-corrected chi connectivity index (χ3v) is 3.92. The van der Waals surface area contributed by atoms with E-state index in [0.717, 1.165) is 18.8 Å². The van der Waals surface area contributed by atoms with E-state index in [1.54, 1.807) is 18.2 Å². The van der Waals surface area contributed by atoms with Crippen molar-refractivity contribution in [1.29, 1.82) is 0 Å². The van der Waals surface area contributed by atoms with Crippen molar-refractivity contribution in [2.24, 2.45) is 5.92 Å². The maximum Gasteiger partial charge on any atom is 0.253 e. The molecule has 1 aromatic carbocycles. The highest BCUT2D eigenvalue weighted by atomic mass is 35.5. The van der Waals surface area contributed by atoms with E-state index < -0.39 is 0 Å². The van der Waals surface area contributed by atoms with E-state index in [4.69, 9.17) is 17.3 Å². The van der Waals surface area contributed by atoms with E-state index >= 15 is 0 Å². The number of nitrogens with two attached hydrogens (primary N) is 1. The number of nitrogen functional groups attached to an aromatic ring is 1. The van der Waals surface area contributed by atoms with Gasteiger partial charge in [0.05, 0.1) is 10.6 Å². The van der Waals surface area contributed by atoms with Crippen molar-refractivity contribution in [1.82, 2.24) is 5.32 Å². The Kier molecular flexibility index (Phi) is 4.12. The summed E-state index contributed by atoms with van der Waals surface area (Å²) in [6.45, 7) is 2.26. The normalized spacial score (nSPS) is 23.7. The average molecular weight is 267 g/mol. The number of hydrogen-bond donors (Lipinski definition) is 2. The van der Waals surface area contributed by atoms with Crippen LogP contribution in [-0.4, -0.2) is 11.9 Å².